The van der Waals surface area contributed by atoms with Gasteiger partial charge in [-0.05, 0) is 32.4 Å². The van der Waals surface area contributed by atoms with Crippen LogP contribution in [0, 0.1) is 0 Å². The summed E-state index contributed by atoms with van der Waals surface area (Å²) >= 11 is 0. The van der Waals surface area contributed by atoms with Gasteiger partial charge in [-0.1, -0.05) is 30.3 Å². The molecule has 6 nitrogen and oxygen atoms in total. The Bertz CT molecular complexity index is 575. The average Bonchev–Trinajstić information content (AvgIpc) is 2.51. The van der Waals surface area contributed by atoms with Crippen molar-refractivity contribution in [2.24, 2.45) is 5.73 Å². The Morgan fingerprint density at radius 3 is 2.33 bits per heavy atom. The Balaban J connectivity index is 0.00000288. The Morgan fingerprint density at radius 1 is 1.21 bits per heavy atom. The van der Waals surface area contributed by atoms with Gasteiger partial charge in [-0.3, -0.25) is 0 Å². The second-order valence-corrected chi connectivity index (χ2v) is 7.97. The van der Waals surface area contributed by atoms with Crippen LogP contribution in [0.15, 0.2) is 30.3 Å². The van der Waals surface area contributed by atoms with Crippen molar-refractivity contribution in [3.63, 3.8) is 0 Å². The summed E-state index contributed by atoms with van der Waals surface area (Å²) in [7, 11) is -3.53. The first kappa shape index (κ1) is 21.3. The molecule has 1 aliphatic rings. The summed E-state index contributed by atoms with van der Waals surface area (Å²) in [6, 6.07) is 9.64. The third kappa shape index (κ3) is 5.68. The van der Waals surface area contributed by atoms with Crippen LogP contribution in [0.4, 0.5) is 0 Å². The lowest BCUT2D eigenvalue weighted by Gasteiger charge is -2.37. The van der Waals surface area contributed by atoms with Gasteiger partial charge in [0.1, 0.15) is 0 Å². The van der Waals surface area contributed by atoms with Gasteiger partial charge in [0.25, 0.3) is 10.2 Å². The van der Waals surface area contributed by atoms with E-state index in [4.69, 9.17) is 10.5 Å². The summed E-state index contributed by atoms with van der Waals surface area (Å²) in [5, 5.41) is 0. The Hall–Kier alpha value is -0.700. The standard InChI is InChI=1S/C16H27N3O3S.ClH/c1-14-11-19(12-15(2)22-14)23(20,21)18(10-6-9-17)13-16-7-4-3-5-8-16;/h3-5,7-8,14-15H,6,9-13,17H2,1-2H3;1H. The predicted octanol–water partition coefficient (Wildman–Crippen LogP) is 1.61. The zero-order chi connectivity index (χ0) is 16.9. The molecule has 1 saturated heterocycles. The Morgan fingerprint density at radius 2 is 1.79 bits per heavy atom. The van der Waals surface area contributed by atoms with E-state index in [0.29, 0.717) is 39.1 Å². The first-order chi connectivity index (χ1) is 10.9. The molecule has 0 amide bonds. The first-order valence-corrected chi connectivity index (χ1v) is 9.48. The molecule has 2 N–H and O–H groups in total. The number of morpholine rings is 1. The fourth-order valence-electron chi connectivity index (χ4n) is 2.81. The van der Waals surface area contributed by atoms with Crippen molar-refractivity contribution in [1.29, 1.82) is 0 Å². The molecule has 1 aromatic rings. The van der Waals surface area contributed by atoms with Crippen LogP contribution < -0.4 is 5.73 Å². The SMILES string of the molecule is CC1CN(S(=O)(=O)N(CCCN)Cc2ccccc2)CC(C)O1.Cl. The van der Waals surface area contributed by atoms with E-state index in [1.54, 1.807) is 0 Å². The molecule has 0 bridgehead atoms. The molecule has 0 saturated carbocycles. The van der Waals surface area contributed by atoms with E-state index >= 15 is 0 Å². The monoisotopic (exact) mass is 377 g/mol. The molecule has 1 heterocycles. The molecular weight excluding hydrogens is 350 g/mol. The van der Waals surface area contributed by atoms with Crippen molar-refractivity contribution in [2.75, 3.05) is 26.2 Å². The van der Waals surface area contributed by atoms with Gasteiger partial charge in [-0.2, -0.15) is 17.0 Å². The molecule has 138 valence electrons. The summed E-state index contributed by atoms with van der Waals surface area (Å²) < 4.78 is 34.8. The number of benzene rings is 1. The van der Waals surface area contributed by atoms with E-state index < -0.39 is 10.2 Å². The summed E-state index contributed by atoms with van der Waals surface area (Å²) in [6.07, 6.45) is 0.449. The Labute approximate surface area is 151 Å². The van der Waals surface area contributed by atoms with Crippen molar-refractivity contribution in [3.05, 3.63) is 35.9 Å². The minimum Gasteiger partial charge on any atom is -0.373 e. The number of halogens is 1. The van der Waals surface area contributed by atoms with Gasteiger partial charge in [-0.15, -0.1) is 12.4 Å². The molecular formula is C16H28ClN3O3S. The van der Waals surface area contributed by atoms with Gasteiger partial charge in [0.15, 0.2) is 0 Å². The predicted molar refractivity (Wildman–Crippen MR) is 98.3 cm³/mol. The third-order valence-electron chi connectivity index (χ3n) is 3.85. The molecule has 0 spiro atoms. The molecule has 2 rings (SSSR count). The van der Waals surface area contributed by atoms with Gasteiger partial charge >= 0.3 is 0 Å². The van der Waals surface area contributed by atoms with Gasteiger partial charge < -0.3 is 10.5 Å². The maximum absolute atomic E-state index is 13.0. The quantitative estimate of drug-likeness (QED) is 0.783. The van der Waals surface area contributed by atoms with Crippen LogP contribution in [0.2, 0.25) is 0 Å². The van der Waals surface area contributed by atoms with Crippen LogP contribution in [0.5, 0.6) is 0 Å². The molecule has 0 aliphatic carbocycles. The van der Waals surface area contributed by atoms with E-state index in [-0.39, 0.29) is 24.6 Å². The third-order valence-corrected chi connectivity index (χ3v) is 5.77. The lowest BCUT2D eigenvalue weighted by molar-refractivity contribution is -0.0455. The molecule has 0 radical (unpaired) electrons. The summed E-state index contributed by atoms with van der Waals surface area (Å²) in [6.45, 7) is 5.84. The summed E-state index contributed by atoms with van der Waals surface area (Å²) in [5.74, 6) is 0. The zero-order valence-electron chi connectivity index (χ0n) is 14.3. The van der Waals surface area contributed by atoms with Gasteiger partial charge in [0, 0.05) is 26.2 Å². The average molecular weight is 378 g/mol. The topological polar surface area (TPSA) is 75.9 Å². The zero-order valence-corrected chi connectivity index (χ0v) is 15.9. The highest BCUT2D eigenvalue weighted by Gasteiger charge is 2.35. The van der Waals surface area contributed by atoms with E-state index in [0.717, 1.165) is 5.56 Å². The minimum absolute atomic E-state index is 0. The fourth-order valence-corrected chi connectivity index (χ4v) is 4.61. The van der Waals surface area contributed by atoms with Crippen molar-refractivity contribution in [2.45, 2.75) is 39.0 Å². The molecule has 8 heteroatoms. The van der Waals surface area contributed by atoms with Crippen molar-refractivity contribution >= 4 is 22.6 Å². The number of hydrogen-bond donors (Lipinski definition) is 1. The summed E-state index contributed by atoms with van der Waals surface area (Å²) in [5.41, 5.74) is 6.56. The normalized spacial score (nSPS) is 22.3. The number of rotatable bonds is 7. The van der Waals surface area contributed by atoms with Crippen molar-refractivity contribution in [3.8, 4) is 0 Å². The van der Waals surface area contributed by atoms with E-state index in [1.807, 2.05) is 44.2 Å². The number of ether oxygens (including phenoxy) is 1. The van der Waals surface area contributed by atoms with Crippen LogP contribution >= 0.6 is 12.4 Å². The largest absolute Gasteiger partial charge is 0.373 e. The van der Waals surface area contributed by atoms with E-state index in [9.17, 15) is 8.42 Å². The van der Waals surface area contributed by atoms with E-state index in [2.05, 4.69) is 0 Å². The first-order valence-electron chi connectivity index (χ1n) is 8.08. The van der Waals surface area contributed by atoms with Crippen molar-refractivity contribution in [1.82, 2.24) is 8.61 Å². The van der Waals surface area contributed by atoms with Crippen molar-refractivity contribution < 1.29 is 13.2 Å². The van der Waals surface area contributed by atoms with Crippen LogP contribution in [0.3, 0.4) is 0 Å². The van der Waals surface area contributed by atoms with Gasteiger partial charge in [0.2, 0.25) is 0 Å². The van der Waals surface area contributed by atoms with Crippen LogP contribution in [-0.2, 0) is 21.5 Å². The highest BCUT2D eigenvalue weighted by molar-refractivity contribution is 7.86. The molecule has 1 fully saturated rings. The summed E-state index contributed by atoms with van der Waals surface area (Å²) in [4.78, 5) is 0. The lowest BCUT2D eigenvalue weighted by Crippen LogP contribution is -2.53. The molecule has 2 atom stereocenters. The number of nitrogens with zero attached hydrogens (tertiary/aromatic N) is 2. The second kappa shape index (κ2) is 9.70. The highest BCUT2D eigenvalue weighted by Crippen LogP contribution is 2.19. The molecule has 1 aromatic carbocycles. The van der Waals surface area contributed by atoms with Crippen LogP contribution in [-0.4, -0.2) is 55.4 Å². The second-order valence-electron chi connectivity index (χ2n) is 6.04. The van der Waals surface area contributed by atoms with Gasteiger partial charge in [0.05, 0.1) is 12.2 Å². The minimum atomic E-state index is -3.53. The lowest BCUT2D eigenvalue weighted by atomic mass is 10.2. The maximum atomic E-state index is 13.0. The molecule has 2 unspecified atom stereocenters. The number of nitrogens with two attached hydrogens (primary N) is 1. The van der Waals surface area contributed by atoms with E-state index in [1.165, 1.54) is 8.61 Å². The Kier molecular flexibility index (Phi) is 8.62. The number of hydrogen-bond acceptors (Lipinski definition) is 4. The highest BCUT2D eigenvalue weighted by atomic mass is 35.5. The molecule has 1 aliphatic heterocycles. The molecule has 0 aromatic heterocycles. The maximum Gasteiger partial charge on any atom is 0.282 e. The van der Waals surface area contributed by atoms with Crippen LogP contribution in [0.1, 0.15) is 25.8 Å². The smallest absolute Gasteiger partial charge is 0.282 e. The fraction of sp³-hybridized carbons (Fsp3) is 0.625. The molecule has 24 heavy (non-hydrogen) atoms. The van der Waals surface area contributed by atoms with Crippen LogP contribution in [0.25, 0.3) is 0 Å². The van der Waals surface area contributed by atoms with Gasteiger partial charge in [-0.25, -0.2) is 0 Å².